The normalized spacial score (nSPS) is 18.8. The lowest BCUT2D eigenvalue weighted by Crippen LogP contribution is -2.09. The zero-order valence-electron chi connectivity index (χ0n) is 8.08. The van der Waals surface area contributed by atoms with Gasteiger partial charge in [-0.1, -0.05) is 49.6 Å². The van der Waals surface area contributed by atoms with Crippen LogP contribution >= 0.6 is 0 Å². The number of hydrogen-bond acceptors (Lipinski definition) is 0. The molecule has 69 valence electrons. The van der Waals surface area contributed by atoms with Gasteiger partial charge >= 0.3 is 0 Å². The van der Waals surface area contributed by atoms with Crippen LogP contribution in [0.5, 0.6) is 0 Å². The summed E-state index contributed by atoms with van der Waals surface area (Å²) in [6, 6.07) is 10.9. The van der Waals surface area contributed by atoms with Crippen molar-refractivity contribution in [3.8, 4) is 0 Å². The molecule has 0 heteroatoms. The first kappa shape index (κ1) is 8.80. The van der Waals surface area contributed by atoms with Crippen LogP contribution in [0, 0.1) is 12.3 Å². The molecule has 1 aliphatic rings. The number of rotatable bonds is 2. The third kappa shape index (κ3) is 2.58. The van der Waals surface area contributed by atoms with Crippen molar-refractivity contribution in [1.29, 1.82) is 0 Å². The van der Waals surface area contributed by atoms with Crippen molar-refractivity contribution in [1.82, 2.24) is 0 Å². The van der Waals surface area contributed by atoms with Crippen molar-refractivity contribution in [3.63, 3.8) is 0 Å². The molecule has 0 saturated heterocycles. The predicted octanol–water partition coefficient (Wildman–Crippen LogP) is 3.62. The lowest BCUT2D eigenvalue weighted by molar-refractivity contribution is 0.412. The molecular formula is C13H17. The van der Waals surface area contributed by atoms with Gasteiger partial charge in [0.15, 0.2) is 0 Å². The Hall–Kier alpha value is -0.780. The van der Waals surface area contributed by atoms with Crippen molar-refractivity contribution >= 4 is 0 Å². The summed E-state index contributed by atoms with van der Waals surface area (Å²) in [4.78, 5) is 0. The lowest BCUT2D eigenvalue weighted by atomic mass is 9.85. The Morgan fingerprint density at radius 1 is 1.15 bits per heavy atom. The van der Waals surface area contributed by atoms with Crippen LogP contribution < -0.4 is 0 Å². The fourth-order valence-corrected chi connectivity index (χ4v) is 2.16. The maximum absolute atomic E-state index is 2.46. The Labute approximate surface area is 81.0 Å². The third-order valence-corrected chi connectivity index (χ3v) is 2.89. The van der Waals surface area contributed by atoms with E-state index in [-0.39, 0.29) is 0 Å². The fourth-order valence-electron chi connectivity index (χ4n) is 2.16. The summed E-state index contributed by atoms with van der Waals surface area (Å²) < 4.78 is 0. The van der Waals surface area contributed by atoms with Crippen molar-refractivity contribution in [2.75, 3.05) is 0 Å². The summed E-state index contributed by atoms with van der Waals surface area (Å²) in [5.41, 5.74) is 1.50. The molecule has 0 bridgehead atoms. The van der Waals surface area contributed by atoms with Gasteiger partial charge in [-0.25, -0.2) is 0 Å². The molecule has 0 spiro atoms. The van der Waals surface area contributed by atoms with E-state index in [2.05, 4.69) is 36.8 Å². The molecule has 1 aromatic rings. The fraction of sp³-hybridized carbons (Fsp3) is 0.462. The monoisotopic (exact) mass is 173 g/mol. The van der Waals surface area contributed by atoms with Crippen LogP contribution in [0.15, 0.2) is 30.3 Å². The van der Waals surface area contributed by atoms with E-state index in [1.165, 1.54) is 37.7 Å². The molecule has 0 nitrogen and oxygen atoms in total. The average Bonchev–Trinajstić information content (AvgIpc) is 2.21. The summed E-state index contributed by atoms with van der Waals surface area (Å²) in [6.45, 7) is 0. The van der Waals surface area contributed by atoms with Gasteiger partial charge in [0.05, 0.1) is 0 Å². The Bertz CT molecular complexity index is 231. The van der Waals surface area contributed by atoms with Gasteiger partial charge in [0.2, 0.25) is 0 Å². The third-order valence-electron chi connectivity index (χ3n) is 2.89. The highest BCUT2D eigenvalue weighted by Crippen LogP contribution is 2.25. The summed E-state index contributed by atoms with van der Waals surface area (Å²) in [5, 5.41) is 0. The zero-order chi connectivity index (χ0) is 8.93. The molecule has 0 aromatic heterocycles. The smallest absolute Gasteiger partial charge is 0.0250 e. The largest absolute Gasteiger partial charge is 0.0622 e. The topological polar surface area (TPSA) is 0 Å². The maximum Gasteiger partial charge on any atom is -0.0250 e. The zero-order valence-corrected chi connectivity index (χ0v) is 8.08. The molecule has 1 atom stereocenters. The van der Waals surface area contributed by atoms with Crippen molar-refractivity contribution < 1.29 is 0 Å². The summed E-state index contributed by atoms with van der Waals surface area (Å²) in [5.74, 6) is 0.913. The van der Waals surface area contributed by atoms with Crippen molar-refractivity contribution in [2.45, 2.75) is 32.1 Å². The first-order chi connectivity index (χ1) is 6.45. The number of hydrogen-bond donors (Lipinski definition) is 0. The molecule has 0 amide bonds. The highest BCUT2D eigenvalue weighted by molar-refractivity contribution is 5.15. The van der Waals surface area contributed by atoms with Crippen LogP contribution in [-0.2, 0) is 6.42 Å². The second-order valence-corrected chi connectivity index (χ2v) is 4.01. The molecule has 0 aliphatic heterocycles. The standard InChI is InChI=1S/C13H17/c1-3-7-12(8-4-1)11-13-9-5-2-6-10-13/h1,3-5,7-8,13H,2,6,9-11H2. The first-order valence-electron chi connectivity index (χ1n) is 5.31. The highest BCUT2D eigenvalue weighted by Gasteiger charge is 2.13. The molecule has 1 fully saturated rings. The van der Waals surface area contributed by atoms with Gasteiger partial charge in [0.25, 0.3) is 0 Å². The SMILES string of the molecule is [CH]1CCCC(Cc2ccccc2)C1. The Balaban J connectivity index is 1.90. The highest BCUT2D eigenvalue weighted by atomic mass is 14.2. The molecule has 1 aliphatic carbocycles. The quantitative estimate of drug-likeness (QED) is 0.640. The molecule has 0 N–H and O–H groups in total. The van der Waals surface area contributed by atoms with Crippen LogP contribution in [0.4, 0.5) is 0 Å². The summed E-state index contributed by atoms with van der Waals surface area (Å²) in [7, 11) is 0. The predicted molar refractivity (Wildman–Crippen MR) is 56.4 cm³/mol. The first-order valence-corrected chi connectivity index (χ1v) is 5.31. The maximum atomic E-state index is 2.46. The van der Waals surface area contributed by atoms with Crippen LogP contribution in [0.3, 0.4) is 0 Å². The minimum absolute atomic E-state index is 0.913. The van der Waals surface area contributed by atoms with Crippen LogP contribution in [0.2, 0.25) is 0 Å². The van der Waals surface area contributed by atoms with E-state index in [4.69, 9.17) is 0 Å². The van der Waals surface area contributed by atoms with E-state index < -0.39 is 0 Å². The number of benzene rings is 1. The summed E-state index contributed by atoms with van der Waals surface area (Å²) >= 11 is 0. The van der Waals surface area contributed by atoms with Gasteiger partial charge in [-0.3, -0.25) is 0 Å². The molecule has 13 heavy (non-hydrogen) atoms. The van der Waals surface area contributed by atoms with Crippen molar-refractivity contribution in [2.24, 2.45) is 5.92 Å². The molecular weight excluding hydrogens is 156 g/mol. The molecule has 2 rings (SSSR count). The Kier molecular flexibility index (Phi) is 3.02. The van der Waals surface area contributed by atoms with Gasteiger partial charge < -0.3 is 0 Å². The van der Waals surface area contributed by atoms with Gasteiger partial charge in [0, 0.05) is 0 Å². The lowest BCUT2D eigenvalue weighted by Gasteiger charge is -2.21. The minimum atomic E-state index is 0.913. The van der Waals surface area contributed by atoms with E-state index in [0.717, 1.165) is 5.92 Å². The van der Waals surface area contributed by atoms with E-state index in [1.807, 2.05) is 0 Å². The second kappa shape index (κ2) is 4.45. The van der Waals surface area contributed by atoms with E-state index in [1.54, 1.807) is 0 Å². The molecule has 1 unspecified atom stereocenters. The van der Waals surface area contributed by atoms with Crippen LogP contribution in [-0.4, -0.2) is 0 Å². The van der Waals surface area contributed by atoms with Crippen LogP contribution in [0.1, 0.15) is 31.2 Å². The van der Waals surface area contributed by atoms with E-state index in [9.17, 15) is 0 Å². The molecule has 1 saturated carbocycles. The Morgan fingerprint density at radius 2 is 2.00 bits per heavy atom. The molecule has 1 aromatic carbocycles. The molecule has 1 radical (unpaired) electrons. The minimum Gasteiger partial charge on any atom is -0.0622 e. The van der Waals surface area contributed by atoms with Crippen molar-refractivity contribution in [3.05, 3.63) is 42.3 Å². The van der Waals surface area contributed by atoms with Gasteiger partial charge in [-0.15, -0.1) is 0 Å². The molecule has 0 heterocycles. The van der Waals surface area contributed by atoms with Crippen LogP contribution in [0.25, 0.3) is 0 Å². The summed E-state index contributed by atoms with van der Waals surface area (Å²) in [6.07, 6.45) is 9.22. The Morgan fingerprint density at radius 3 is 2.69 bits per heavy atom. The van der Waals surface area contributed by atoms with Gasteiger partial charge in [0.1, 0.15) is 0 Å². The second-order valence-electron chi connectivity index (χ2n) is 4.01. The van der Waals surface area contributed by atoms with Gasteiger partial charge in [-0.2, -0.15) is 0 Å². The van der Waals surface area contributed by atoms with Gasteiger partial charge in [-0.05, 0) is 30.7 Å². The van der Waals surface area contributed by atoms with E-state index >= 15 is 0 Å². The average molecular weight is 173 g/mol. The van der Waals surface area contributed by atoms with E-state index in [0.29, 0.717) is 0 Å².